The minimum atomic E-state index is -0.507. The van der Waals surface area contributed by atoms with Crippen LogP contribution in [0.4, 0.5) is 0 Å². The lowest BCUT2D eigenvalue weighted by Gasteiger charge is -2.50. The first-order valence-corrected chi connectivity index (χ1v) is 53.6. The average molecular weight is 1910 g/mol. The van der Waals surface area contributed by atoms with Gasteiger partial charge in [-0.1, -0.05) is 476 Å². The normalized spacial score (nSPS) is 18.0. The monoisotopic (exact) mass is 1910 g/mol. The Hall–Kier alpha value is -16.8. The van der Waals surface area contributed by atoms with Crippen molar-refractivity contribution >= 4 is 96.9 Å². The van der Waals surface area contributed by atoms with Gasteiger partial charge in [-0.15, -0.1) is 11.3 Å². The molecule has 0 fully saturated rings. The maximum Gasteiger partial charge on any atom is 0.0748 e. The van der Waals surface area contributed by atoms with Crippen molar-refractivity contribution in [2.24, 2.45) is 0 Å². The molecule has 0 radical (unpaired) electrons. The molecular weight excluding hydrogens is 1800 g/mol. The highest BCUT2D eigenvalue weighted by atomic mass is 32.1. The molecule has 3 spiro atoms. The Balaban J connectivity index is 0.000000100. The summed E-state index contributed by atoms with van der Waals surface area (Å²) in [7, 11) is 0. The van der Waals surface area contributed by atoms with Gasteiger partial charge in [0.15, 0.2) is 0 Å². The van der Waals surface area contributed by atoms with Gasteiger partial charge in [0.2, 0.25) is 0 Å². The minimum Gasteiger partial charge on any atom is -0.309 e. The average Bonchev–Trinajstić information content (AvgIpc) is 1.19. The van der Waals surface area contributed by atoms with Crippen molar-refractivity contribution in [2.45, 2.75) is 113 Å². The van der Waals surface area contributed by atoms with E-state index in [9.17, 15) is 0 Å². The van der Waals surface area contributed by atoms with Gasteiger partial charge in [0.25, 0.3) is 0 Å². The standard InChI is InChI=1S/2C49H37N.C46H31NS/c1-47(2)35-21-7-5-17-34(35)44-31(18-13-25-39(44)47)32-19-14-26-40-45(32)48(3,4)36-22-8-9-23-37(36)49(40)38-24-10-12-29-43(38)50-42-28-11-6-16-30(42)33-20-15-27-41(49)46(33)50;1-47(2)36-19-7-5-15-32(36)35-29-30(27-28-37(35)47)31-17-13-23-41-45(31)48(3,4)38-20-8-9-21-39(38)49(41)40-22-10-12-26-44(40)50-43-25-11-6-16-33(43)34-18-14-24-42(49)46(34)50;1-45(2)34-20-5-6-21-35(34)46(36-22-7-9-26-40(36)47-39-25-8-3-14-28(39)31-17-13-24-38(46)43(31)47)37-23-12-16-30(42(37)45)33-19-11-18-32-29-15-4-10-27-41(29)48-44(32)33/h2*5-29H,1-4H3;3-27H,1-2H3. The van der Waals surface area contributed by atoms with E-state index in [0.717, 1.165) is 0 Å². The molecule has 3 aliphatic heterocycles. The van der Waals surface area contributed by atoms with E-state index in [-0.39, 0.29) is 27.1 Å². The van der Waals surface area contributed by atoms with Crippen molar-refractivity contribution in [3.05, 3.63) is 577 Å². The summed E-state index contributed by atoms with van der Waals surface area (Å²) < 4.78 is 10.3. The Labute approximate surface area is 866 Å². The second kappa shape index (κ2) is 30.0. The molecule has 4 aromatic heterocycles. The van der Waals surface area contributed by atoms with Crippen molar-refractivity contribution in [1.82, 2.24) is 13.7 Å². The molecule has 5 aliphatic carbocycles. The summed E-state index contributed by atoms with van der Waals surface area (Å²) in [6, 6.07) is 173. The zero-order valence-electron chi connectivity index (χ0n) is 84.6. The van der Waals surface area contributed by atoms with Crippen molar-refractivity contribution < 1.29 is 0 Å². The van der Waals surface area contributed by atoms with Crippen molar-refractivity contribution in [2.75, 3.05) is 0 Å². The van der Waals surface area contributed by atoms with Gasteiger partial charge in [-0.05, 0) is 227 Å². The summed E-state index contributed by atoms with van der Waals surface area (Å²) in [4.78, 5) is 0. The lowest BCUT2D eigenvalue weighted by atomic mass is 9.52. The third-order valence-electron chi connectivity index (χ3n) is 36.7. The fourth-order valence-corrected chi connectivity index (χ4v) is 32.1. The van der Waals surface area contributed by atoms with Crippen molar-refractivity contribution in [3.8, 4) is 72.7 Å². The molecule has 0 saturated heterocycles. The van der Waals surface area contributed by atoms with E-state index in [2.05, 4.69) is 538 Å². The number of thiophene rings is 1. The van der Waals surface area contributed by atoms with Gasteiger partial charge in [-0.2, -0.15) is 0 Å². The number of hydrogen-bond donors (Lipinski definition) is 0. The van der Waals surface area contributed by atoms with E-state index in [0.29, 0.717) is 0 Å². The van der Waals surface area contributed by atoms with Crippen LogP contribution in [0.25, 0.3) is 158 Å². The Bertz CT molecular complexity index is 10200. The summed E-state index contributed by atoms with van der Waals surface area (Å²) in [5.74, 6) is 0. The summed E-state index contributed by atoms with van der Waals surface area (Å²) in [5, 5.41) is 10.5. The van der Waals surface area contributed by atoms with Crippen LogP contribution in [0.5, 0.6) is 0 Å². The van der Waals surface area contributed by atoms with Crippen LogP contribution in [-0.4, -0.2) is 13.7 Å². The molecule has 148 heavy (non-hydrogen) atoms. The molecule has 0 saturated carbocycles. The van der Waals surface area contributed by atoms with Gasteiger partial charge >= 0.3 is 0 Å². The van der Waals surface area contributed by atoms with Gasteiger partial charge < -0.3 is 13.7 Å². The number of nitrogens with zero attached hydrogens (tertiary/aromatic N) is 3. The van der Waals surface area contributed by atoms with Crippen LogP contribution < -0.4 is 0 Å². The first kappa shape index (κ1) is 85.6. The third kappa shape index (κ3) is 10.6. The van der Waals surface area contributed by atoms with Gasteiger partial charge in [0.05, 0.1) is 66.4 Å². The van der Waals surface area contributed by atoms with E-state index >= 15 is 0 Å². The van der Waals surface area contributed by atoms with E-state index in [1.807, 2.05) is 11.3 Å². The van der Waals surface area contributed by atoms with Gasteiger partial charge in [-0.3, -0.25) is 0 Å². The maximum absolute atomic E-state index is 2.54. The molecular formula is C144H105N3S. The smallest absolute Gasteiger partial charge is 0.0748 e. The lowest BCUT2D eigenvalue weighted by Crippen LogP contribution is -2.44. The Kier molecular flexibility index (Phi) is 17.4. The molecule has 702 valence electrons. The summed E-state index contributed by atoms with van der Waals surface area (Å²) in [6.45, 7) is 24.2. The first-order valence-electron chi connectivity index (χ1n) is 52.8. The molecule has 0 bridgehead atoms. The van der Waals surface area contributed by atoms with Crippen molar-refractivity contribution in [3.63, 3.8) is 0 Å². The largest absolute Gasteiger partial charge is 0.309 e. The molecule has 4 heteroatoms. The van der Waals surface area contributed by atoms with Crippen LogP contribution in [0.1, 0.15) is 192 Å². The molecule has 3 nitrogen and oxygen atoms in total. The van der Waals surface area contributed by atoms with Crippen LogP contribution in [0.15, 0.2) is 455 Å². The van der Waals surface area contributed by atoms with Crippen molar-refractivity contribution in [1.29, 1.82) is 0 Å². The van der Waals surface area contributed by atoms with E-state index in [4.69, 9.17) is 0 Å². The van der Waals surface area contributed by atoms with E-state index in [1.54, 1.807) is 0 Å². The van der Waals surface area contributed by atoms with Crippen LogP contribution >= 0.6 is 11.3 Å². The second-order valence-corrected chi connectivity index (χ2v) is 46.3. The number of rotatable bonds is 3. The molecule has 25 aromatic rings. The van der Waals surface area contributed by atoms with Crippen LogP contribution in [-0.2, 0) is 43.3 Å². The molecule has 8 aliphatic rings. The molecule has 0 amide bonds. The number of fused-ring (bicyclic) bond motifs is 42. The molecule has 21 aromatic carbocycles. The van der Waals surface area contributed by atoms with Crippen LogP contribution in [0.3, 0.4) is 0 Å². The molecule has 3 atom stereocenters. The Morgan fingerprint density at radius 2 is 0.453 bits per heavy atom. The van der Waals surface area contributed by atoms with Crippen LogP contribution in [0.2, 0.25) is 0 Å². The second-order valence-electron chi connectivity index (χ2n) is 45.3. The number of hydrogen-bond acceptors (Lipinski definition) is 1. The summed E-state index contributed by atoms with van der Waals surface area (Å²) >= 11 is 1.92. The third-order valence-corrected chi connectivity index (χ3v) is 37.9. The topological polar surface area (TPSA) is 14.8 Å². The predicted octanol–water partition coefficient (Wildman–Crippen LogP) is 36.3. The lowest BCUT2D eigenvalue weighted by molar-refractivity contribution is 0.557. The molecule has 7 heterocycles. The SMILES string of the molecule is CC1(C)c2ccccc2-c2c(-c3cccc4c3C(C)(C)c3ccccc3C43c4ccccc4-n4c5ccccc5c5cccc3c54)cccc21.CC1(C)c2ccccc2-c2cc(-c3cccc4c3C(C)(C)c3ccccc3C43c4ccccc4-n4c5ccccc5c5cccc3c54)ccc21.CC1(C)c2ccccc2C2(c3ccccc3-n3c4ccccc4c4cccc2c43)c2cccc(-c3cccc4c3sc3ccccc34)c21. The van der Waals surface area contributed by atoms with E-state index < -0.39 is 16.2 Å². The Morgan fingerprint density at radius 3 is 0.912 bits per heavy atom. The summed E-state index contributed by atoms with van der Waals surface area (Å²) in [5.41, 5.74) is 53.1. The van der Waals surface area contributed by atoms with E-state index in [1.165, 1.54) is 281 Å². The van der Waals surface area contributed by atoms with Crippen LogP contribution in [0, 0.1) is 0 Å². The zero-order chi connectivity index (χ0) is 98.9. The fourth-order valence-electron chi connectivity index (χ4n) is 30.9. The molecule has 33 rings (SSSR count). The zero-order valence-corrected chi connectivity index (χ0v) is 85.4. The quantitative estimate of drug-likeness (QED) is 0.167. The Morgan fingerprint density at radius 1 is 0.169 bits per heavy atom. The number of benzene rings is 21. The first-order chi connectivity index (χ1) is 72.3. The molecule has 0 N–H and O–H groups in total. The van der Waals surface area contributed by atoms with Gasteiger partial charge in [0, 0.05) is 79.6 Å². The highest BCUT2D eigenvalue weighted by molar-refractivity contribution is 7.26. The highest BCUT2D eigenvalue weighted by Crippen LogP contribution is 2.69. The number of aromatic nitrogens is 3. The minimum absolute atomic E-state index is 0.0220. The summed E-state index contributed by atoms with van der Waals surface area (Å²) in [6.07, 6.45) is 0. The van der Waals surface area contributed by atoms with Gasteiger partial charge in [-0.25, -0.2) is 0 Å². The number of para-hydroxylation sites is 9. The predicted molar refractivity (Wildman–Crippen MR) is 619 cm³/mol. The fraction of sp³-hybridized carbons (Fsp3) is 0.125. The molecule has 3 unspecified atom stereocenters. The van der Waals surface area contributed by atoms with Gasteiger partial charge in [0.1, 0.15) is 0 Å². The maximum atomic E-state index is 2.54. The highest BCUT2D eigenvalue weighted by Gasteiger charge is 2.59.